The van der Waals surface area contributed by atoms with E-state index in [4.69, 9.17) is 4.42 Å². The zero-order chi connectivity index (χ0) is 20.7. The number of hydrogen-bond donors (Lipinski definition) is 1. The van der Waals surface area contributed by atoms with Crippen molar-refractivity contribution in [2.45, 2.75) is 38.9 Å². The molecule has 0 unspecified atom stereocenters. The van der Waals surface area contributed by atoms with Crippen LogP contribution in [0.3, 0.4) is 0 Å². The van der Waals surface area contributed by atoms with Crippen molar-refractivity contribution in [3.8, 4) is 0 Å². The van der Waals surface area contributed by atoms with Crippen LogP contribution in [0.4, 0.5) is 0 Å². The largest absolute Gasteiger partial charge is 0.449 e. The van der Waals surface area contributed by atoms with Crippen LogP contribution in [0, 0.1) is 12.8 Å². The topological polar surface area (TPSA) is 80.4 Å². The number of piperidine rings is 1. The molecule has 8 heteroatoms. The van der Waals surface area contributed by atoms with Gasteiger partial charge in [0, 0.05) is 49.6 Å². The second-order valence-corrected chi connectivity index (χ2v) is 9.23. The number of nitrogens with zero attached hydrogens (tertiary/aromatic N) is 3. The van der Waals surface area contributed by atoms with Gasteiger partial charge in [-0.2, -0.15) is 0 Å². The SMILES string of the molecule is Cc1nc(CN2C[C@@H]3C[C@H](C2)c2ccc(C(=O)NCc4cccs4)c(=O)n2C3)co1. The Morgan fingerprint density at radius 3 is 2.97 bits per heavy atom. The molecule has 2 aliphatic heterocycles. The fraction of sp³-hybridized carbons (Fsp3) is 0.409. The van der Waals surface area contributed by atoms with E-state index < -0.39 is 0 Å². The van der Waals surface area contributed by atoms with E-state index in [9.17, 15) is 9.59 Å². The molecule has 2 atom stereocenters. The van der Waals surface area contributed by atoms with Crippen molar-refractivity contribution >= 4 is 17.2 Å². The number of thiophene rings is 1. The van der Waals surface area contributed by atoms with Crippen LogP contribution in [-0.4, -0.2) is 33.4 Å². The van der Waals surface area contributed by atoms with E-state index in [0.717, 1.165) is 42.3 Å². The molecule has 0 aliphatic carbocycles. The predicted octanol–water partition coefficient (Wildman–Crippen LogP) is 2.76. The molecule has 2 bridgehead atoms. The molecule has 1 saturated heterocycles. The van der Waals surface area contributed by atoms with E-state index in [1.807, 2.05) is 35.1 Å². The Labute approximate surface area is 178 Å². The van der Waals surface area contributed by atoms with Crippen molar-refractivity contribution in [1.29, 1.82) is 0 Å². The minimum absolute atomic E-state index is 0.175. The minimum atomic E-state index is -0.303. The standard InChI is InChI=1S/C22H24N4O3S/c1-14-24-17(13-29-14)12-25-9-15-7-16(11-25)20-5-4-19(22(28)26(20)10-15)21(27)23-8-18-3-2-6-30-18/h2-6,13,15-16H,7-12H2,1H3,(H,23,27)/t15-,16+/m0/s1. The van der Waals surface area contributed by atoms with Gasteiger partial charge >= 0.3 is 0 Å². The smallest absolute Gasteiger partial charge is 0.263 e. The van der Waals surface area contributed by atoms with Gasteiger partial charge in [0.2, 0.25) is 0 Å². The molecule has 1 fully saturated rings. The summed E-state index contributed by atoms with van der Waals surface area (Å²) in [6.07, 6.45) is 2.80. The van der Waals surface area contributed by atoms with E-state index in [2.05, 4.69) is 15.2 Å². The average molecular weight is 425 g/mol. The molecule has 0 aromatic carbocycles. The second kappa shape index (κ2) is 7.85. The average Bonchev–Trinajstić information content (AvgIpc) is 3.38. The van der Waals surface area contributed by atoms with Crippen LogP contribution in [0.1, 0.15) is 44.9 Å². The van der Waals surface area contributed by atoms with Gasteiger partial charge in [0.05, 0.1) is 12.2 Å². The summed E-state index contributed by atoms with van der Waals surface area (Å²) >= 11 is 1.59. The number of rotatable bonds is 5. The number of aryl methyl sites for hydroxylation is 1. The highest BCUT2D eigenvalue weighted by atomic mass is 32.1. The first-order valence-electron chi connectivity index (χ1n) is 10.2. The molecule has 5 rings (SSSR count). The third-order valence-electron chi connectivity index (χ3n) is 5.98. The lowest BCUT2D eigenvalue weighted by Crippen LogP contribution is -2.47. The maximum Gasteiger partial charge on any atom is 0.263 e. The lowest BCUT2D eigenvalue weighted by Gasteiger charge is -2.42. The first kappa shape index (κ1) is 19.3. The maximum atomic E-state index is 13.1. The summed E-state index contributed by atoms with van der Waals surface area (Å²) in [5.74, 6) is 1.07. The molecule has 7 nitrogen and oxygen atoms in total. The zero-order valence-electron chi connectivity index (χ0n) is 16.8. The van der Waals surface area contributed by atoms with E-state index in [1.165, 1.54) is 0 Å². The normalized spacial score (nSPS) is 20.7. The van der Waals surface area contributed by atoms with Crippen LogP contribution in [0.15, 0.2) is 45.1 Å². The van der Waals surface area contributed by atoms with E-state index in [0.29, 0.717) is 30.8 Å². The summed E-state index contributed by atoms with van der Waals surface area (Å²) < 4.78 is 7.16. The molecule has 1 N–H and O–H groups in total. The summed E-state index contributed by atoms with van der Waals surface area (Å²) in [6, 6.07) is 7.58. The summed E-state index contributed by atoms with van der Waals surface area (Å²) in [6.45, 7) is 5.52. The summed E-state index contributed by atoms with van der Waals surface area (Å²) in [5, 5.41) is 4.84. The van der Waals surface area contributed by atoms with Gasteiger partial charge in [-0.1, -0.05) is 6.07 Å². The molecule has 30 heavy (non-hydrogen) atoms. The number of carbonyl (C=O) groups excluding carboxylic acids is 1. The molecule has 1 amide bonds. The number of likely N-dealkylation sites (tertiary alicyclic amines) is 1. The summed E-state index contributed by atoms with van der Waals surface area (Å²) in [5.41, 5.74) is 2.03. The third kappa shape index (κ3) is 3.73. The van der Waals surface area contributed by atoms with Gasteiger partial charge in [0.1, 0.15) is 11.8 Å². The lowest BCUT2D eigenvalue weighted by molar-refractivity contribution is 0.0944. The van der Waals surface area contributed by atoms with E-state index in [-0.39, 0.29) is 17.0 Å². The number of fused-ring (bicyclic) bond motifs is 4. The number of pyridine rings is 1. The Morgan fingerprint density at radius 1 is 1.30 bits per heavy atom. The molecule has 156 valence electrons. The summed E-state index contributed by atoms with van der Waals surface area (Å²) in [7, 11) is 0. The number of aromatic nitrogens is 2. The van der Waals surface area contributed by atoms with Gasteiger partial charge in [-0.15, -0.1) is 11.3 Å². The predicted molar refractivity (Wildman–Crippen MR) is 114 cm³/mol. The fourth-order valence-corrected chi connectivity index (χ4v) is 5.38. The second-order valence-electron chi connectivity index (χ2n) is 8.20. The lowest BCUT2D eigenvalue weighted by atomic mass is 9.83. The van der Waals surface area contributed by atoms with Crippen LogP contribution < -0.4 is 10.9 Å². The summed E-state index contributed by atoms with van der Waals surface area (Å²) in [4.78, 5) is 33.6. The van der Waals surface area contributed by atoms with Crippen LogP contribution in [-0.2, 0) is 19.6 Å². The van der Waals surface area contributed by atoms with Crippen molar-refractivity contribution in [2.75, 3.05) is 13.1 Å². The minimum Gasteiger partial charge on any atom is -0.449 e. The number of amides is 1. The quantitative estimate of drug-likeness (QED) is 0.681. The number of hydrogen-bond acceptors (Lipinski definition) is 6. The molecule has 2 aliphatic rings. The van der Waals surface area contributed by atoms with Gasteiger partial charge in [-0.05, 0) is 35.9 Å². The molecule has 0 spiro atoms. The molecule has 0 saturated carbocycles. The molecule has 0 radical (unpaired) electrons. The van der Waals surface area contributed by atoms with Crippen molar-refractivity contribution in [3.05, 3.63) is 74.0 Å². The Balaban J connectivity index is 1.33. The van der Waals surface area contributed by atoms with Crippen molar-refractivity contribution in [3.63, 3.8) is 0 Å². The highest BCUT2D eigenvalue weighted by Gasteiger charge is 2.35. The molecule has 3 aromatic heterocycles. The zero-order valence-corrected chi connectivity index (χ0v) is 17.7. The molecular formula is C22H24N4O3S. The highest BCUT2D eigenvalue weighted by Crippen LogP contribution is 2.35. The molecular weight excluding hydrogens is 400 g/mol. The molecule has 3 aromatic rings. The Bertz CT molecular complexity index is 1120. The first-order valence-corrected chi connectivity index (χ1v) is 11.1. The van der Waals surface area contributed by atoms with Crippen LogP contribution in [0.2, 0.25) is 0 Å². The maximum absolute atomic E-state index is 13.1. The van der Waals surface area contributed by atoms with Crippen LogP contribution >= 0.6 is 11.3 Å². The Kier molecular flexibility index (Phi) is 5.04. The fourth-order valence-electron chi connectivity index (χ4n) is 4.73. The van der Waals surface area contributed by atoms with Gasteiger partial charge in [-0.25, -0.2) is 4.98 Å². The van der Waals surface area contributed by atoms with E-state index >= 15 is 0 Å². The van der Waals surface area contributed by atoms with Gasteiger partial charge in [-0.3, -0.25) is 14.5 Å². The number of carbonyl (C=O) groups is 1. The van der Waals surface area contributed by atoms with Crippen molar-refractivity contribution < 1.29 is 9.21 Å². The van der Waals surface area contributed by atoms with E-state index in [1.54, 1.807) is 23.7 Å². The van der Waals surface area contributed by atoms with Gasteiger partial charge in [0.15, 0.2) is 5.89 Å². The van der Waals surface area contributed by atoms with Crippen LogP contribution in [0.5, 0.6) is 0 Å². The van der Waals surface area contributed by atoms with Gasteiger partial charge in [0.25, 0.3) is 11.5 Å². The first-order chi connectivity index (χ1) is 14.6. The van der Waals surface area contributed by atoms with Crippen molar-refractivity contribution in [1.82, 2.24) is 19.8 Å². The van der Waals surface area contributed by atoms with Crippen LogP contribution in [0.25, 0.3) is 0 Å². The Morgan fingerprint density at radius 2 is 2.20 bits per heavy atom. The van der Waals surface area contributed by atoms with Crippen molar-refractivity contribution in [2.24, 2.45) is 5.92 Å². The molecule has 5 heterocycles. The monoisotopic (exact) mass is 424 g/mol. The number of nitrogens with one attached hydrogen (secondary N) is 1. The Hall–Kier alpha value is -2.71. The highest BCUT2D eigenvalue weighted by molar-refractivity contribution is 7.09. The third-order valence-corrected chi connectivity index (χ3v) is 6.86. The number of oxazole rings is 1. The van der Waals surface area contributed by atoms with Gasteiger partial charge < -0.3 is 14.3 Å².